The number of carboxylic acid groups (broad SMARTS) is 1. The van der Waals surface area contributed by atoms with Gasteiger partial charge < -0.3 is 5.11 Å². The fraction of sp³-hybridized carbons (Fsp3) is 0.875. The third-order valence-corrected chi connectivity index (χ3v) is 2.27. The minimum Gasteiger partial charge on any atom is -0.481 e. The van der Waals surface area contributed by atoms with E-state index in [-0.39, 0.29) is 0 Å². The Morgan fingerprint density at radius 1 is 1.64 bits per heavy atom. The molecule has 1 unspecified atom stereocenters. The van der Waals surface area contributed by atoms with E-state index in [2.05, 4.69) is 6.26 Å². The van der Waals surface area contributed by atoms with E-state index < -0.39 is 5.97 Å². The summed E-state index contributed by atoms with van der Waals surface area (Å²) in [5, 5.41) is 8.44. The molecule has 11 heavy (non-hydrogen) atoms. The first-order valence-corrected chi connectivity index (χ1v) is 5.27. The molecule has 0 fully saturated rings. The van der Waals surface area contributed by atoms with Gasteiger partial charge in [-0.25, -0.2) is 0 Å². The van der Waals surface area contributed by atoms with E-state index in [9.17, 15) is 4.79 Å². The highest BCUT2D eigenvalue weighted by Crippen LogP contribution is 2.11. The number of carboxylic acids is 1. The second kappa shape index (κ2) is 6.53. The molecular weight excluding hydrogens is 160 g/mol. The molecule has 1 N–H and O–H groups in total. The Labute approximate surface area is 72.4 Å². The first-order valence-electron chi connectivity index (χ1n) is 3.87. The Balaban J connectivity index is 3.22. The van der Waals surface area contributed by atoms with E-state index in [1.54, 1.807) is 0 Å². The summed E-state index contributed by atoms with van der Waals surface area (Å²) < 4.78 is 0. The summed E-state index contributed by atoms with van der Waals surface area (Å²) in [4.78, 5) is 10.2. The third kappa shape index (κ3) is 7.72. The number of rotatable bonds is 6. The molecule has 0 rings (SSSR count). The van der Waals surface area contributed by atoms with Gasteiger partial charge in [-0.05, 0) is 30.8 Å². The van der Waals surface area contributed by atoms with Gasteiger partial charge in [-0.3, -0.25) is 4.79 Å². The molecule has 0 aromatic carbocycles. The molecule has 0 aromatic heterocycles. The van der Waals surface area contributed by atoms with Crippen molar-refractivity contribution in [3.8, 4) is 0 Å². The van der Waals surface area contributed by atoms with Gasteiger partial charge >= 0.3 is 5.97 Å². The normalized spacial score (nSPS) is 12.9. The van der Waals surface area contributed by atoms with Crippen LogP contribution in [-0.2, 0) is 4.79 Å². The molecule has 66 valence electrons. The van der Waals surface area contributed by atoms with Crippen LogP contribution >= 0.6 is 11.8 Å². The van der Waals surface area contributed by atoms with Crippen LogP contribution in [0.1, 0.15) is 26.2 Å². The van der Waals surface area contributed by atoms with E-state index in [0.29, 0.717) is 12.3 Å². The van der Waals surface area contributed by atoms with Crippen LogP contribution in [0.15, 0.2) is 0 Å². The van der Waals surface area contributed by atoms with Crippen LogP contribution in [0.5, 0.6) is 0 Å². The molecule has 0 aliphatic carbocycles. The van der Waals surface area contributed by atoms with Crippen molar-refractivity contribution in [2.75, 3.05) is 12.0 Å². The number of hydrogen-bond donors (Lipinski definition) is 1. The first-order chi connectivity index (χ1) is 5.16. The highest BCUT2D eigenvalue weighted by atomic mass is 32.2. The highest BCUT2D eigenvalue weighted by Gasteiger charge is 2.06. The molecule has 0 radical (unpaired) electrons. The van der Waals surface area contributed by atoms with Crippen LogP contribution in [0, 0.1) is 5.92 Å². The average Bonchev–Trinajstić information content (AvgIpc) is 1.86. The lowest BCUT2D eigenvalue weighted by Gasteiger charge is -2.06. The molecule has 0 heterocycles. The Morgan fingerprint density at radius 2 is 2.27 bits per heavy atom. The molecule has 0 amide bonds. The Bertz CT molecular complexity index is 115. The Hall–Kier alpha value is -0.180. The molecule has 3 heteroatoms. The van der Waals surface area contributed by atoms with Crippen LogP contribution in [0.25, 0.3) is 0 Å². The number of aliphatic carboxylic acids is 1. The van der Waals surface area contributed by atoms with Crippen molar-refractivity contribution >= 4 is 17.7 Å². The highest BCUT2D eigenvalue weighted by molar-refractivity contribution is 7.98. The van der Waals surface area contributed by atoms with Gasteiger partial charge in [-0.15, -0.1) is 0 Å². The number of carbonyl (C=O) groups is 1. The molecule has 2 nitrogen and oxygen atoms in total. The van der Waals surface area contributed by atoms with Crippen molar-refractivity contribution in [3.05, 3.63) is 0 Å². The van der Waals surface area contributed by atoms with Crippen molar-refractivity contribution in [2.45, 2.75) is 26.2 Å². The van der Waals surface area contributed by atoms with Crippen LogP contribution in [0.4, 0.5) is 0 Å². The maximum Gasteiger partial charge on any atom is 0.303 e. The van der Waals surface area contributed by atoms with E-state index in [1.165, 1.54) is 0 Å². The Kier molecular flexibility index (Phi) is 6.42. The average molecular weight is 176 g/mol. The molecule has 0 saturated heterocycles. The minimum absolute atomic E-state index is 0.314. The predicted molar refractivity (Wildman–Crippen MR) is 49.0 cm³/mol. The second-order valence-corrected chi connectivity index (χ2v) is 3.82. The van der Waals surface area contributed by atoms with Crippen molar-refractivity contribution < 1.29 is 9.90 Å². The zero-order valence-corrected chi connectivity index (χ0v) is 7.99. The second-order valence-electron chi connectivity index (χ2n) is 2.84. The first kappa shape index (κ1) is 10.8. The molecule has 1 atom stereocenters. The summed E-state index contributed by atoms with van der Waals surface area (Å²) in [5.41, 5.74) is 0. The van der Waals surface area contributed by atoms with Crippen molar-refractivity contribution in [1.82, 2.24) is 0 Å². The maximum absolute atomic E-state index is 10.2. The molecule has 0 bridgehead atoms. The quantitative estimate of drug-likeness (QED) is 0.631. The van der Waals surface area contributed by atoms with Crippen LogP contribution in [0.2, 0.25) is 0 Å². The van der Waals surface area contributed by atoms with Gasteiger partial charge in [0.05, 0.1) is 0 Å². The topological polar surface area (TPSA) is 37.3 Å². The summed E-state index contributed by atoms with van der Waals surface area (Å²) >= 11 is 1.82. The van der Waals surface area contributed by atoms with Gasteiger partial charge in [0.2, 0.25) is 0 Å². The monoisotopic (exact) mass is 176 g/mol. The zero-order valence-electron chi connectivity index (χ0n) is 7.17. The smallest absolute Gasteiger partial charge is 0.303 e. The maximum atomic E-state index is 10.2. The SMILES string of the molecule is CSCCCC(C)CC(=O)O. The molecule has 0 aromatic rings. The van der Waals surface area contributed by atoms with E-state index in [1.807, 2.05) is 18.7 Å². The van der Waals surface area contributed by atoms with Gasteiger partial charge in [0.15, 0.2) is 0 Å². The lowest BCUT2D eigenvalue weighted by Crippen LogP contribution is -2.04. The molecular formula is C8H16O2S. The summed E-state index contributed by atoms with van der Waals surface area (Å²) in [6, 6.07) is 0. The lowest BCUT2D eigenvalue weighted by atomic mass is 10.0. The van der Waals surface area contributed by atoms with Crippen molar-refractivity contribution in [2.24, 2.45) is 5.92 Å². The largest absolute Gasteiger partial charge is 0.481 e. The van der Waals surface area contributed by atoms with Gasteiger partial charge in [-0.1, -0.05) is 6.92 Å². The predicted octanol–water partition coefficient (Wildman–Crippen LogP) is 2.24. The minimum atomic E-state index is -0.679. The zero-order chi connectivity index (χ0) is 8.69. The lowest BCUT2D eigenvalue weighted by molar-refractivity contribution is -0.138. The van der Waals surface area contributed by atoms with E-state index in [4.69, 9.17) is 5.11 Å². The standard InChI is InChI=1S/C8H16O2S/c1-7(6-8(9)10)4-3-5-11-2/h7H,3-6H2,1-2H3,(H,9,10). The van der Waals surface area contributed by atoms with Gasteiger partial charge in [-0.2, -0.15) is 11.8 Å². The van der Waals surface area contributed by atoms with Crippen molar-refractivity contribution in [1.29, 1.82) is 0 Å². The van der Waals surface area contributed by atoms with Crippen LogP contribution in [0.3, 0.4) is 0 Å². The summed E-state index contributed by atoms with van der Waals surface area (Å²) in [6.45, 7) is 1.99. The molecule has 0 aliphatic rings. The fourth-order valence-corrected chi connectivity index (χ4v) is 1.43. The van der Waals surface area contributed by atoms with E-state index >= 15 is 0 Å². The summed E-state index contributed by atoms with van der Waals surface area (Å²) in [5.74, 6) is 0.797. The van der Waals surface area contributed by atoms with Crippen LogP contribution < -0.4 is 0 Å². The van der Waals surface area contributed by atoms with Gasteiger partial charge in [0, 0.05) is 6.42 Å². The van der Waals surface area contributed by atoms with Gasteiger partial charge in [0.25, 0.3) is 0 Å². The fourth-order valence-electron chi connectivity index (χ4n) is 0.976. The van der Waals surface area contributed by atoms with Crippen LogP contribution in [-0.4, -0.2) is 23.1 Å². The Morgan fingerprint density at radius 3 is 2.73 bits per heavy atom. The number of thioether (sulfide) groups is 1. The van der Waals surface area contributed by atoms with E-state index in [0.717, 1.165) is 18.6 Å². The summed E-state index contributed by atoms with van der Waals surface area (Å²) in [6.07, 6.45) is 4.55. The molecule has 0 spiro atoms. The van der Waals surface area contributed by atoms with Crippen molar-refractivity contribution in [3.63, 3.8) is 0 Å². The molecule has 0 aliphatic heterocycles. The third-order valence-electron chi connectivity index (χ3n) is 1.57. The summed E-state index contributed by atoms with van der Waals surface area (Å²) in [7, 11) is 0. The molecule has 0 saturated carbocycles. The number of hydrogen-bond acceptors (Lipinski definition) is 2. The van der Waals surface area contributed by atoms with Gasteiger partial charge in [0.1, 0.15) is 0 Å².